The van der Waals surface area contributed by atoms with Crippen molar-refractivity contribution in [2.45, 2.75) is 38.1 Å². The molecule has 0 aromatic heterocycles. The van der Waals surface area contributed by atoms with Crippen molar-refractivity contribution in [3.8, 4) is 0 Å². The van der Waals surface area contributed by atoms with E-state index in [1.165, 1.54) is 6.42 Å². The first-order chi connectivity index (χ1) is 8.81. The van der Waals surface area contributed by atoms with Crippen LogP contribution in [0.3, 0.4) is 0 Å². The topological polar surface area (TPSA) is 47.6 Å². The fourth-order valence-electron chi connectivity index (χ4n) is 2.80. The van der Waals surface area contributed by atoms with E-state index in [0.29, 0.717) is 12.0 Å². The molecule has 2 fully saturated rings. The molecule has 0 amide bonds. The van der Waals surface area contributed by atoms with Gasteiger partial charge >= 0.3 is 6.16 Å². The van der Waals surface area contributed by atoms with E-state index in [0.717, 1.165) is 18.4 Å². The summed E-state index contributed by atoms with van der Waals surface area (Å²) in [6.45, 7) is 0.264. The average Bonchev–Trinajstić information content (AvgIpc) is 3.00. The van der Waals surface area contributed by atoms with Crippen LogP contribution >= 0.6 is 0 Å². The molecule has 96 valence electrons. The van der Waals surface area contributed by atoms with Crippen molar-refractivity contribution in [3.05, 3.63) is 35.9 Å². The average molecular weight is 247 g/mol. The molecule has 1 aliphatic carbocycles. The normalized spacial score (nSPS) is 29.2. The molecule has 1 aromatic carbocycles. The second-order valence-corrected chi connectivity index (χ2v) is 5.00. The highest BCUT2D eigenvalue weighted by Gasteiger charge is 2.41. The van der Waals surface area contributed by atoms with Crippen LogP contribution in [0.15, 0.2) is 30.3 Å². The predicted octanol–water partition coefficient (Wildman–Crippen LogP) is 2.44. The highest BCUT2D eigenvalue weighted by Crippen LogP contribution is 2.35. The second-order valence-electron chi connectivity index (χ2n) is 5.00. The van der Waals surface area contributed by atoms with Gasteiger partial charge in [0.25, 0.3) is 0 Å². The van der Waals surface area contributed by atoms with Gasteiger partial charge in [0.1, 0.15) is 6.61 Å². The number of piperidine rings is 1. The van der Waals surface area contributed by atoms with Gasteiger partial charge in [0, 0.05) is 12.0 Å². The van der Waals surface area contributed by atoms with Gasteiger partial charge < -0.3 is 9.47 Å². The smallest absolute Gasteiger partial charge is 0.429 e. The zero-order chi connectivity index (χ0) is 12.4. The number of rotatable bonds is 3. The molecule has 1 aliphatic heterocycles. The lowest BCUT2D eigenvalue weighted by Crippen LogP contribution is -2.39. The van der Waals surface area contributed by atoms with Gasteiger partial charge in [-0.05, 0) is 24.8 Å². The fraction of sp³-hybridized carbons (Fsp3) is 0.500. The standard InChI is InChI=1S/C14H17NO3/c16-14(17-9-10-4-2-1-3-5-10)18-13-11-6-7-12(8-11)15-13/h1-5,11-13,15H,6-9H2. The molecule has 4 nitrogen and oxygen atoms in total. The maximum Gasteiger partial charge on any atom is 0.510 e. The largest absolute Gasteiger partial charge is 0.510 e. The van der Waals surface area contributed by atoms with Gasteiger partial charge in [0.2, 0.25) is 0 Å². The quantitative estimate of drug-likeness (QED) is 0.833. The molecule has 0 radical (unpaired) electrons. The lowest BCUT2D eigenvalue weighted by molar-refractivity contribution is -0.00804. The van der Waals surface area contributed by atoms with E-state index in [2.05, 4.69) is 5.32 Å². The molecular formula is C14H17NO3. The Balaban J connectivity index is 1.45. The molecule has 1 saturated carbocycles. The number of carbonyl (C=O) groups is 1. The SMILES string of the molecule is O=C(OCc1ccccc1)OC1NC2CCC1C2. The van der Waals surface area contributed by atoms with Crippen molar-refractivity contribution in [2.24, 2.45) is 5.92 Å². The maximum atomic E-state index is 11.6. The van der Waals surface area contributed by atoms with Gasteiger partial charge in [-0.1, -0.05) is 30.3 Å². The van der Waals surface area contributed by atoms with Gasteiger partial charge in [0.15, 0.2) is 6.23 Å². The van der Waals surface area contributed by atoms with Crippen molar-refractivity contribution in [1.29, 1.82) is 0 Å². The maximum absolute atomic E-state index is 11.6. The van der Waals surface area contributed by atoms with Gasteiger partial charge in [-0.3, -0.25) is 5.32 Å². The molecule has 3 atom stereocenters. The molecule has 4 heteroatoms. The monoisotopic (exact) mass is 247 g/mol. The summed E-state index contributed by atoms with van der Waals surface area (Å²) >= 11 is 0. The number of carbonyl (C=O) groups excluding carboxylic acids is 1. The van der Waals surface area contributed by atoms with E-state index in [-0.39, 0.29) is 12.8 Å². The molecule has 3 unspecified atom stereocenters. The minimum atomic E-state index is -0.580. The lowest BCUT2D eigenvalue weighted by atomic mass is 10.1. The molecule has 1 saturated heterocycles. The minimum absolute atomic E-state index is 0.146. The van der Waals surface area contributed by atoms with Gasteiger partial charge in [0.05, 0.1) is 0 Å². The van der Waals surface area contributed by atoms with Crippen LogP contribution in [0.2, 0.25) is 0 Å². The third-order valence-corrected chi connectivity index (χ3v) is 3.72. The zero-order valence-corrected chi connectivity index (χ0v) is 10.2. The van der Waals surface area contributed by atoms with E-state index >= 15 is 0 Å². The van der Waals surface area contributed by atoms with E-state index in [4.69, 9.17) is 9.47 Å². The Morgan fingerprint density at radius 1 is 1.28 bits per heavy atom. The van der Waals surface area contributed by atoms with Crippen LogP contribution < -0.4 is 5.32 Å². The van der Waals surface area contributed by atoms with E-state index in [1.54, 1.807) is 0 Å². The number of fused-ring (bicyclic) bond motifs is 2. The Morgan fingerprint density at radius 3 is 2.78 bits per heavy atom. The Kier molecular flexibility index (Phi) is 3.19. The third-order valence-electron chi connectivity index (χ3n) is 3.72. The third kappa shape index (κ3) is 2.48. The van der Waals surface area contributed by atoms with E-state index in [1.807, 2.05) is 30.3 Å². The Morgan fingerprint density at radius 2 is 2.11 bits per heavy atom. The van der Waals surface area contributed by atoms with Gasteiger partial charge in [-0.15, -0.1) is 0 Å². The highest BCUT2D eigenvalue weighted by molar-refractivity contribution is 5.60. The van der Waals surface area contributed by atoms with Crippen LogP contribution in [0.4, 0.5) is 4.79 Å². The van der Waals surface area contributed by atoms with Crippen molar-refractivity contribution in [1.82, 2.24) is 5.32 Å². The summed E-state index contributed by atoms with van der Waals surface area (Å²) in [7, 11) is 0. The lowest BCUT2D eigenvalue weighted by Gasteiger charge is -2.22. The first-order valence-electron chi connectivity index (χ1n) is 6.44. The summed E-state index contributed by atoms with van der Waals surface area (Å²) in [5, 5.41) is 3.30. The predicted molar refractivity (Wildman–Crippen MR) is 65.8 cm³/mol. The number of ether oxygens (including phenoxy) is 2. The Labute approximate surface area is 106 Å². The Hall–Kier alpha value is -1.55. The van der Waals surface area contributed by atoms with Crippen LogP contribution in [-0.2, 0) is 16.1 Å². The Bertz CT molecular complexity index is 420. The second kappa shape index (κ2) is 4.98. The molecule has 2 aliphatic rings. The van der Waals surface area contributed by atoms with Crippen molar-refractivity contribution < 1.29 is 14.3 Å². The zero-order valence-electron chi connectivity index (χ0n) is 10.2. The molecule has 0 spiro atoms. The molecule has 1 N–H and O–H groups in total. The van der Waals surface area contributed by atoms with Crippen LogP contribution in [-0.4, -0.2) is 18.4 Å². The summed E-state index contributed by atoms with van der Waals surface area (Å²) in [4.78, 5) is 11.6. The van der Waals surface area contributed by atoms with Crippen LogP contribution in [0, 0.1) is 5.92 Å². The number of hydrogen-bond acceptors (Lipinski definition) is 4. The summed E-state index contributed by atoms with van der Waals surface area (Å²) in [5.41, 5.74) is 0.968. The first-order valence-corrected chi connectivity index (χ1v) is 6.44. The number of hydrogen-bond donors (Lipinski definition) is 1. The molecule has 2 bridgehead atoms. The highest BCUT2D eigenvalue weighted by atomic mass is 16.7. The van der Waals surface area contributed by atoms with Crippen LogP contribution in [0.1, 0.15) is 24.8 Å². The van der Waals surface area contributed by atoms with E-state index in [9.17, 15) is 4.79 Å². The fourth-order valence-corrected chi connectivity index (χ4v) is 2.80. The number of benzene rings is 1. The molecule has 18 heavy (non-hydrogen) atoms. The van der Waals surface area contributed by atoms with E-state index < -0.39 is 6.16 Å². The minimum Gasteiger partial charge on any atom is -0.429 e. The van der Waals surface area contributed by atoms with Crippen LogP contribution in [0.25, 0.3) is 0 Å². The summed E-state index contributed by atoms with van der Waals surface area (Å²) < 4.78 is 10.4. The summed E-state index contributed by atoms with van der Waals surface area (Å²) in [6, 6.07) is 10.1. The summed E-state index contributed by atoms with van der Waals surface area (Å²) in [5.74, 6) is 0.472. The van der Waals surface area contributed by atoms with Crippen molar-refractivity contribution in [3.63, 3.8) is 0 Å². The van der Waals surface area contributed by atoms with Crippen molar-refractivity contribution >= 4 is 6.16 Å². The van der Waals surface area contributed by atoms with Crippen LogP contribution in [0.5, 0.6) is 0 Å². The van der Waals surface area contributed by atoms with Crippen molar-refractivity contribution in [2.75, 3.05) is 0 Å². The molecule has 3 rings (SSSR count). The molecule has 1 heterocycles. The van der Waals surface area contributed by atoms with Gasteiger partial charge in [-0.25, -0.2) is 4.79 Å². The first kappa shape index (κ1) is 11.5. The summed E-state index contributed by atoms with van der Waals surface area (Å²) in [6.07, 6.45) is 2.74. The molecular weight excluding hydrogens is 230 g/mol. The van der Waals surface area contributed by atoms with Gasteiger partial charge in [-0.2, -0.15) is 0 Å². The molecule has 1 aromatic rings. The number of nitrogens with one attached hydrogen (secondary N) is 1.